The van der Waals surface area contributed by atoms with E-state index in [2.05, 4.69) is 30.6 Å². The molecule has 0 aliphatic carbocycles. The maximum atomic E-state index is 13.8. The molecular formula is C33H31N5OS2. The number of anilines is 1. The predicted molar refractivity (Wildman–Crippen MR) is 172 cm³/mol. The van der Waals surface area contributed by atoms with Crippen molar-refractivity contribution in [3.63, 3.8) is 0 Å². The molecule has 0 unspecified atom stereocenters. The Labute approximate surface area is 251 Å². The quantitative estimate of drug-likeness (QED) is 0.117. The highest BCUT2D eigenvalue weighted by Gasteiger charge is 2.34. The van der Waals surface area contributed by atoms with Crippen molar-refractivity contribution in [3.05, 3.63) is 143 Å². The van der Waals surface area contributed by atoms with E-state index in [1.165, 1.54) is 11.8 Å². The first-order valence-electron chi connectivity index (χ1n) is 13.0. The number of carbonyl (C=O) groups excluding carboxylic acids is 1. The van der Waals surface area contributed by atoms with E-state index in [1.54, 1.807) is 11.0 Å². The van der Waals surface area contributed by atoms with Crippen LogP contribution in [0.2, 0.25) is 0 Å². The number of carbonyl (C=O) groups is 1. The van der Waals surface area contributed by atoms with Crippen LogP contribution >= 0.6 is 24.4 Å². The molecule has 0 radical (unpaired) electrons. The topological polar surface area (TPSA) is 71.7 Å². The second kappa shape index (κ2) is 14.3. The fourth-order valence-electron chi connectivity index (χ4n) is 4.10. The Morgan fingerprint density at radius 2 is 1.71 bits per heavy atom. The molecular weight excluding hydrogens is 547 g/mol. The van der Waals surface area contributed by atoms with Gasteiger partial charge in [-0.05, 0) is 48.0 Å². The van der Waals surface area contributed by atoms with Crippen molar-refractivity contribution in [2.75, 3.05) is 11.9 Å². The van der Waals surface area contributed by atoms with Crippen LogP contribution in [0.15, 0.2) is 142 Å². The molecule has 1 heterocycles. The van der Waals surface area contributed by atoms with Gasteiger partial charge in [0.1, 0.15) is 0 Å². The summed E-state index contributed by atoms with van der Waals surface area (Å²) in [5.41, 5.74) is 4.46. The number of allylic oxidation sites excluding steroid dienone is 3. The van der Waals surface area contributed by atoms with Crippen LogP contribution in [0.25, 0.3) is 0 Å². The summed E-state index contributed by atoms with van der Waals surface area (Å²) in [5.74, 6) is -0.154. The van der Waals surface area contributed by atoms with E-state index in [-0.39, 0.29) is 11.5 Å². The van der Waals surface area contributed by atoms with Crippen molar-refractivity contribution in [2.45, 2.75) is 24.9 Å². The Morgan fingerprint density at radius 3 is 2.34 bits per heavy atom. The number of amidine groups is 1. The molecule has 1 N–H and O–H groups in total. The molecule has 0 saturated carbocycles. The number of hydrogen-bond donors (Lipinski definition) is 2. The zero-order valence-electron chi connectivity index (χ0n) is 23.0. The zero-order valence-corrected chi connectivity index (χ0v) is 24.7. The third-order valence-corrected chi connectivity index (χ3v) is 7.58. The van der Waals surface area contributed by atoms with E-state index in [9.17, 15) is 10.1 Å². The van der Waals surface area contributed by atoms with Crippen LogP contribution in [-0.2, 0) is 17.9 Å². The van der Waals surface area contributed by atoms with Crippen LogP contribution in [0.1, 0.15) is 18.1 Å². The smallest absolute Gasteiger partial charge is 0.268 e. The van der Waals surface area contributed by atoms with Crippen molar-refractivity contribution in [1.82, 2.24) is 10.2 Å². The van der Waals surface area contributed by atoms with E-state index in [0.29, 0.717) is 28.9 Å². The summed E-state index contributed by atoms with van der Waals surface area (Å²) in [7, 11) is 1.89. The summed E-state index contributed by atoms with van der Waals surface area (Å²) in [4.78, 5) is 23.6. The second-order valence-electron chi connectivity index (χ2n) is 9.17. The van der Waals surface area contributed by atoms with E-state index >= 15 is 0 Å². The van der Waals surface area contributed by atoms with Gasteiger partial charge >= 0.3 is 0 Å². The summed E-state index contributed by atoms with van der Waals surface area (Å²) in [6, 6.07) is 29.6. The SMILES string of the molecule is C=C(C#N)/C=C(N=C1S/C(=C/N(C)c2ccccc2S)C(=O)N1Cc1ccccc1)\C(=C/C)NCc1ccccc1. The Bertz CT molecular complexity index is 1570. The average Bonchev–Trinajstić information content (AvgIpc) is 3.27. The lowest BCUT2D eigenvalue weighted by Gasteiger charge is -2.18. The Kier molecular flexibility index (Phi) is 10.3. The maximum Gasteiger partial charge on any atom is 0.268 e. The molecule has 0 aromatic heterocycles. The molecule has 1 aliphatic rings. The number of rotatable bonds is 10. The number of thioether (sulfide) groups is 1. The lowest BCUT2D eigenvalue weighted by atomic mass is 10.2. The van der Waals surface area contributed by atoms with Gasteiger partial charge in [0.15, 0.2) is 5.17 Å². The maximum absolute atomic E-state index is 13.8. The zero-order chi connectivity index (χ0) is 29.2. The highest BCUT2D eigenvalue weighted by molar-refractivity contribution is 8.18. The summed E-state index contributed by atoms with van der Waals surface area (Å²) < 4.78 is 0. The molecule has 206 valence electrons. The van der Waals surface area contributed by atoms with Gasteiger partial charge in [-0.1, -0.05) is 85.5 Å². The molecule has 1 saturated heterocycles. The number of nitrogens with zero attached hydrogens (tertiary/aromatic N) is 4. The van der Waals surface area contributed by atoms with Gasteiger partial charge in [-0.3, -0.25) is 9.69 Å². The van der Waals surface area contributed by atoms with Crippen molar-refractivity contribution in [2.24, 2.45) is 4.99 Å². The largest absolute Gasteiger partial charge is 0.379 e. The highest BCUT2D eigenvalue weighted by atomic mass is 32.2. The number of thiol groups is 1. The van der Waals surface area contributed by atoms with Crippen LogP contribution in [0.4, 0.5) is 5.69 Å². The number of nitrogens with one attached hydrogen (secondary N) is 1. The molecule has 1 amide bonds. The molecule has 1 aliphatic heterocycles. The van der Waals surface area contributed by atoms with E-state index in [1.807, 2.05) is 116 Å². The van der Waals surface area contributed by atoms with Gasteiger partial charge in [-0.15, -0.1) is 12.6 Å². The monoisotopic (exact) mass is 577 g/mol. The van der Waals surface area contributed by atoms with Gasteiger partial charge in [-0.2, -0.15) is 5.26 Å². The third-order valence-electron chi connectivity index (χ3n) is 6.21. The minimum atomic E-state index is -0.154. The third kappa shape index (κ3) is 7.82. The molecule has 0 spiro atoms. The molecule has 0 atom stereocenters. The molecule has 6 nitrogen and oxygen atoms in total. The van der Waals surface area contributed by atoms with Gasteiger partial charge in [-0.25, -0.2) is 4.99 Å². The van der Waals surface area contributed by atoms with Crippen molar-refractivity contribution >= 4 is 41.2 Å². The molecule has 3 aromatic rings. The van der Waals surface area contributed by atoms with Crippen LogP contribution in [0.5, 0.6) is 0 Å². The number of hydrogen-bond acceptors (Lipinski definition) is 7. The number of amides is 1. The standard InChI is InChI=1S/C33H31N5OS2/c1-4-27(35-21-25-13-7-5-8-14-25)28(19-24(2)20-34)36-33-38(22-26-15-9-6-10-16-26)32(39)31(41-33)23-37(3)29-17-11-12-18-30(29)40/h4-19,23,35,40H,2,21-22H2,1,3H3/b27-4+,28-19+,31-23+,36-33?. The van der Waals surface area contributed by atoms with Crippen molar-refractivity contribution in [3.8, 4) is 6.07 Å². The first-order chi connectivity index (χ1) is 19.9. The van der Waals surface area contributed by atoms with Gasteiger partial charge in [0.2, 0.25) is 0 Å². The summed E-state index contributed by atoms with van der Waals surface area (Å²) in [6.45, 7) is 6.67. The first kappa shape index (κ1) is 29.5. The molecule has 0 bridgehead atoms. The predicted octanol–water partition coefficient (Wildman–Crippen LogP) is 7.04. The van der Waals surface area contributed by atoms with Crippen LogP contribution < -0.4 is 10.2 Å². The van der Waals surface area contributed by atoms with Gasteiger partial charge in [0, 0.05) is 30.3 Å². The first-order valence-corrected chi connectivity index (χ1v) is 14.3. The van der Waals surface area contributed by atoms with Gasteiger partial charge in [0.25, 0.3) is 5.91 Å². The Hall–Kier alpha value is -4.45. The Balaban J connectivity index is 1.72. The normalized spacial score (nSPS) is 15.8. The number of para-hydroxylation sites is 1. The van der Waals surface area contributed by atoms with Crippen LogP contribution in [0.3, 0.4) is 0 Å². The molecule has 8 heteroatoms. The van der Waals surface area contributed by atoms with E-state index in [0.717, 1.165) is 27.4 Å². The molecule has 41 heavy (non-hydrogen) atoms. The van der Waals surface area contributed by atoms with Crippen LogP contribution in [0, 0.1) is 11.3 Å². The lowest BCUT2D eigenvalue weighted by Crippen LogP contribution is -2.29. The number of nitriles is 1. The lowest BCUT2D eigenvalue weighted by molar-refractivity contribution is -0.122. The summed E-state index contributed by atoms with van der Waals surface area (Å²) in [6.07, 6.45) is 5.35. The van der Waals surface area contributed by atoms with Gasteiger partial charge in [0.05, 0.1) is 34.6 Å². The van der Waals surface area contributed by atoms with E-state index < -0.39 is 0 Å². The number of benzene rings is 3. The van der Waals surface area contributed by atoms with Gasteiger partial charge < -0.3 is 10.2 Å². The van der Waals surface area contributed by atoms with Crippen molar-refractivity contribution < 1.29 is 4.79 Å². The molecule has 3 aromatic carbocycles. The highest BCUT2D eigenvalue weighted by Crippen LogP contribution is 2.35. The van der Waals surface area contributed by atoms with E-state index in [4.69, 9.17) is 4.99 Å². The summed E-state index contributed by atoms with van der Waals surface area (Å²) in [5, 5.41) is 13.4. The fourth-order valence-corrected chi connectivity index (χ4v) is 5.42. The second-order valence-corrected chi connectivity index (χ2v) is 10.7. The summed E-state index contributed by atoms with van der Waals surface area (Å²) >= 11 is 5.86. The minimum Gasteiger partial charge on any atom is -0.379 e. The minimum absolute atomic E-state index is 0.154. The van der Waals surface area contributed by atoms with Crippen molar-refractivity contribution in [1.29, 1.82) is 5.26 Å². The number of aliphatic imine (C=N–C) groups is 1. The molecule has 1 fully saturated rings. The average molecular weight is 578 g/mol. The molecule has 4 rings (SSSR count). The van der Waals surface area contributed by atoms with Crippen LogP contribution in [-0.4, -0.2) is 23.0 Å². The Morgan fingerprint density at radius 1 is 1.07 bits per heavy atom. The fraction of sp³-hybridized carbons (Fsp3) is 0.121.